The van der Waals surface area contributed by atoms with E-state index in [1.54, 1.807) is 11.3 Å². The molecule has 3 nitrogen and oxygen atoms in total. The van der Waals surface area contributed by atoms with Gasteiger partial charge >= 0.3 is 0 Å². The SMILES string of the molecule is CCCNC(CCCS(C)(=O)=O)c1cc(Br)c(Br)s1. The molecule has 0 aliphatic carbocycles. The molecule has 7 heteroatoms. The van der Waals surface area contributed by atoms with Crippen molar-refractivity contribution in [1.29, 1.82) is 0 Å². The van der Waals surface area contributed by atoms with Crippen LogP contribution < -0.4 is 5.32 Å². The fraction of sp³-hybridized carbons (Fsp3) is 0.667. The number of thiophene rings is 1. The molecule has 0 saturated heterocycles. The highest BCUT2D eigenvalue weighted by atomic mass is 79.9. The Morgan fingerprint density at radius 3 is 2.58 bits per heavy atom. The lowest BCUT2D eigenvalue weighted by Gasteiger charge is -2.16. The molecule has 0 bridgehead atoms. The molecule has 0 radical (unpaired) electrons. The lowest BCUT2D eigenvalue weighted by molar-refractivity contribution is 0.499. The Balaban J connectivity index is 2.66. The van der Waals surface area contributed by atoms with Gasteiger partial charge in [-0.1, -0.05) is 6.92 Å². The molecular formula is C12H19Br2NO2S2. The highest BCUT2D eigenvalue weighted by Gasteiger charge is 2.16. The fourth-order valence-electron chi connectivity index (χ4n) is 1.75. The Kier molecular flexibility index (Phi) is 7.53. The topological polar surface area (TPSA) is 46.2 Å². The normalized spacial score (nSPS) is 13.7. The molecule has 19 heavy (non-hydrogen) atoms. The molecule has 0 fully saturated rings. The Hall–Kier alpha value is 0.570. The van der Waals surface area contributed by atoms with Gasteiger partial charge in [0.1, 0.15) is 9.84 Å². The third kappa shape index (κ3) is 6.71. The zero-order valence-corrected chi connectivity index (χ0v) is 15.9. The van der Waals surface area contributed by atoms with Crippen LogP contribution in [0.3, 0.4) is 0 Å². The summed E-state index contributed by atoms with van der Waals surface area (Å²) in [4.78, 5) is 1.24. The lowest BCUT2D eigenvalue weighted by Crippen LogP contribution is -2.22. The van der Waals surface area contributed by atoms with E-state index in [9.17, 15) is 8.42 Å². The van der Waals surface area contributed by atoms with Crippen LogP contribution in [0.25, 0.3) is 0 Å². The minimum atomic E-state index is -2.87. The average Bonchev–Trinajstić information content (AvgIpc) is 2.62. The van der Waals surface area contributed by atoms with Crippen molar-refractivity contribution >= 4 is 53.0 Å². The van der Waals surface area contributed by atoms with Crippen LogP contribution in [0.2, 0.25) is 0 Å². The molecular weight excluding hydrogens is 414 g/mol. The van der Waals surface area contributed by atoms with Crippen LogP contribution in [0.1, 0.15) is 37.1 Å². The highest BCUT2D eigenvalue weighted by molar-refractivity contribution is 9.13. The van der Waals surface area contributed by atoms with Crippen LogP contribution >= 0.6 is 43.2 Å². The van der Waals surface area contributed by atoms with Crippen molar-refractivity contribution in [3.8, 4) is 0 Å². The standard InChI is InChI=1S/C12H19Br2NO2S2/c1-3-6-15-10(5-4-7-19(2,16)17)11-8-9(13)12(14)18-11/h8,10,15H,3-7H2,1-2H3. The average molecular weight is 433 g/mol. The van der Waals surface area contributed by atoms with Crippen molar-refractivity contribution in [1.82, 2.24) is 5.32 Å². The minimum Gasteiger partial charge on any atom is -0.309 e. The van der Waals surface area contributed by atoms with Crippen LogP contribution in [0.5, 0.6) is 0 Å². The van der Waals surface area contributed by atoms with Gasteiger partial charge in [-0.05, 0) is 63.7 Å². The largest absolute Gasteiger partial charge is 0.309 e. The van der Waals surface area contributed by atoms with Gasteiger partial charge in [0, 0.05) is 27.4 Å². The van der Waals surface area contributed by atoms with Crippen LogP contribution in [0.15, 0.2) is 14.3 Å². The molecule has 0 aromatic carbocycles. The summed E-state index contributed by atoms with van der Waals surface area (Å²) in [6, 6.07) is 2.33. The fourth-order valence-corrected chi connectivity index (χ4v) is 4.64. The maximum atomic E-state index is 11.2. The van der Waals surface area contributed by atoms with Gasteiger partial charge in [-0.3, -0.25) is 0 Å². The van der Waals surface area contributed by atoms with Crippen molar-refractivity contribution in [3.63, 3.8) is 0 Å². The molecule has 1 aromatic heterocycles. The predicted octanol–water partition coefficient (Wildman–Crippen LogP) is 4.14. The quantitative estimate of drug-likeness (QED) is 0.671. The zero-order valence-electron chi connectivity index (χ0n) is 11.1. The number of hydrogen-bond acceptors (Lipinski definition) is 4. The Bertz CT molecular complexity index is 480. The summed E-state index contributed by atoms with van der Waals surface area (Å²) < 4.78 is 24.5. The molecule has 0 aliphatic heterocycles. The van der Waals surface area contributed by atoms with Gasteiger partial charge in [0.25, 0.3) is 0 Å². The van der Waals surface area contributed by atoms with Gasteiger partial charge in [0.15, 0.2) is 0 Å². The summed E-state index contributed by atoms with van der Waals surface area (Å²) in [6.45, 7) is 3.07. The van der Waals surface area contributed by atoms with Gasteiger partial charge in [-0.25, -0.2) is 8.42 Å². The minimum absolute atomic E-state index is 0.231. The van der Waals surface area contributed by atoms with Gasteiger partial charge in [-0.15, -0.1) is 11.3 Å². The summed E-state index contributed by atoms with van der Waals surface area (Å²) in [5, 5.41) is 3.49. The van der Waals surface area contributed by atoms with E-state index in [-0.39, 0.29) is 11.8 Å². The van der Waals surface area contributed by atoms with Gasteiger partial charge in [0.05, 0.1) is 3.79 Å². The first-order chi connectivity index (χ1) is 8.83. The second-order valence-corrected chi connectivity index (χ2v) is 10.1. The van der Waals surface area contributed by atoms with E-state index < -0.39 is 9.84 Å². The van der Waals surface area contributed by atoms with E-state index in [2.05, 4.69) is 50.2 Å². The van der Waals surface area contributed by atoms with Crippen molar-refractivity contribution < 1.29 is 8.42 Å². The van der Waals surface area contributed by atoms with Crippen LogP contribution in [0.4, 0.5) is 0 Å². The molecule has 1 unspecified atom stereocenters. The molecule has 0 amide bonds. The van der Waals surface area contributed by atoms with Crippen molar-refractivity contribution in [2.45, 2.75) is 32.2 Å². The van der Waals surface area contributed by atoms with Crippen LogP contribution in [0, 0.1) is 0 Å². The second-order valence-electron chi connectivity index (χ2n) is 4.55. The maximum Gasteiger partial charge on any atom is 0.147 e. The summed E-state index contributed by atoms with van der Waals surface area (Å²) in [7, 11) is -2.87. The van der Waals surface area contributed by atoms with Gasteiger partial charge in [0.2, 0.25) is 0 Å². The number of nitrogens with one attached hydrogen (secondary N) is 1. The van der Waals surface area contributed by atoms with Crippen LogP contribution in [-0.4, -0.2) is 27.0 Å². The smallest absolute Gasteiger partial charge is 0.147 e. The highest BCUT2D eigenvalue weighted by Crippen LogP contribution is 2.36. The first-order valence-corrected chi connectivity index (χ1v) is 10.7. The molecule has 0 aliphatic rings. The van der Waals surface area contributed by atoms with E-state index in [1.165, 1.54) is 11.1 Å². The van der Waals surface area contributed by atoms with Crippen molar-refractivity contribution in [2.75, 3.05) is 18.6 Å². The van der Waals surface area contributed by atoms with Gasteiger partial charge in [-0.2, -0.15) is 0 Å². The zero-order chi connectivity index (χ0) is 14.5. The third-order valence-corrected chi connectivity index (χ3v) is 7.06. The van der Waals surface area contributed by atoms with E-state index >= 15 is 0 Å². The maximum absolute atomic E-state index is 11.2. The molecule has 0 saturated carbocycles. The first-order valence-electron chi connectivity index (χ1n) is 6.19. The van der Waals surface area contributed by atoms with Gasteiger partial charge < -0.3 is 5.32 Å². The molecule has 1 rings (SSSR count). The summed E-state index contributed by atoms with van der Waals surface area (Å²) >= 11 is 8.68. The van der Waals surface area contributed by atoms with E-state index in [4.69, 9.17) is 0 Å². The van der Waals surface area contributed by atoms with E-state index in [1.807, 2.05) is 0 Å². The van der Waals surface area contributed by atoms with E-state index in [0.29, 0.717) is 6.42 Å². The number of hydrogen-bond donors (Lipinski definition) is 1. The Morgan fingerprint density at radius 1 is 1.42 bits per heavy atom. The monoisotopic (exact) mass is 431 g/mol. The molecule has 0 spiro atoms. The molecule has 1 aromatic rings. The third-order valence-electron chi connectivity index (χ3n) is 2.66. The Labute approximate surface area is 136 Å². The second kappa shape index (κ2) is 8.12. The Morgan fingerprint density at radius 2 is 2.11 bits per heavy atom. The molecule has 1 atom stereocenters. The summed E-state index contributed by atoms with van der Waals surface area (Å²) in [5.41, 5.74) is 0. The number of sulfone groups is 1. The molecule has 1 heterocycles. The lowest BCUT2D eigenvalue weighted by atomic mass is 10.1. The number of halogens is 2. The molecule has 1 N–H and O–H groups in total. The van der Waals surface area contributed by atoms with Crippen molar-refractivity contribution in [3.05, 3.63) is 19.2 Å². The molecule has 110 valence electrons. The van der Waals surface area contributed by atoms with E-state index in [0.717, 1.165) is 27.6 Å². The predicted molar refractivity (Wildman–Crippen MR) is 89.7 cm³/mol. The number of rotatable bonds is 8. The summed E-state index contributed by atoms with van der Waals surface area (Å²) in [6.07, 6.45) is 3.88. The van der Waals surface area contributed by atoms with Crippen molar-refractivity contribution in [2.24, 2.45) is 0 Å². The van der Waals surface area contributed by atoms with Crippen LogP contribution in [-0.2, 0) is 9.84 Å². The first kappa shape index (κ1) is 17.6. The summed E-state index contributed by atoms with van der Waals surface area (Å²) in [5.74, 6) is 0.255.